The maximum atomic E-state index is 12.9. The van der Waals surface area contributed by atoms with Gasteiger partial charge in [-0.25, -0.2) is 4.79 Å². The summed E-state index contributed by atoms with van der Waals surface area (Å²) >= 11 is 0. The van der Waals surface area contributed by atoms with Crippen molar-refractivity contribution in [3.05, 3.63) is 60.7 Å². The van der Waals surface area contributed by atoms with Gasteiger partial charge >= 0.3 is 18.1 Å². The number of nitrogens with zero attached hydrogens (tertiary/aromatic N) is 2. The average molecular weight is 514 g/mol. The molecular weight excluding hydrogens is 487 g/mol. The zero-order valence-corrected chi connectivity index (χ0v) is 19.7. The fourth-order valence-corrected chi connectivity index (χ4v) is 2.63. The summed E-state index contributed by atoms with van der Waals surface area (Å²) in [5.74, 6) is -4.79. The highest BCUT2D eigenvalue weighted by atomic mass is 19.4. The molecule has 0 amide bonds. The van der Waals surface area contributed by atoms with Gasteiger partial charge in [0.2, 0.25) is 0 Å². The molecule has 11 heteroatoms. The van der Waals surface area contributed by atoms with Crippen LogP contribution in [0.4, 0.5) is 33.3 Å². The Morgan fingerprint density at radius 2 is 1.25 bits per heavy atom. The van der Waals surface area contributed by atoms with Gasteiger partial charge in [-0.1, -0.05) is 6.58 Å². The van der Waals surface area contributed by atoms with Crippen LogP contribution in [0.25, 0.3) is 0 Å². The van der Waals surface area contributed by atoms with Gasteiger partial charge in [0.25, 0.3) is 0 Å². The van der Waals surface area contributed by atoms with E-state index < -0.39 is 18.7 Å². The minimum absolute atomic E-state index is 0.148. The molecule has 2 rings (SSSR count). The molecule has 0 heterocycles. The first-order valence-corrected chi connectivity index (χ1v) is 11.1. The number of azo groups is 1. The number of carbonyl (C=O) groups is 1. The van der Waals surface area contributed by atoms with E-state index in [0.717, 1.165) is 25.7 Å². The predicted octanol–water partition coefficient (Wildman–Crippen LogP) is 7.74. The maximum absolute atomic E-state index is 12.9. The van der Waals surface area contributed by atoms with Crippen LogP contribution in [0.5, 0.6) is 11.5 Å². The standard InChI is InChI=1S/C25H27F5N2O4/c1-18(2)23(33)35-16-6-4-3-5-15-34-21-11-7-19(8-12-21)31-32-20-9-13-22(14-10-20)36-17-24(26,27)25(28,29)30/h7-14H,1,3-6,15-17H2,2H3. The lowest BCUT2D eigenvalue weighted by molar-refractivity contribution is -0.290. The van der Waals surface area contributed by atoms with Gasteiger partial charge in [-0.05, 0) is 81.1 Å². The first-order chi connectivity index (χ1) is 17.0. The van der Waals surface area contributed by atoms with Crippen LogP contribution in [0.1, 0.15) is 32.6 Å². The maximum Gasteiger partial charge on any atom is 0.456 e. The Labute approximate surface area is 205 Å². The number of unbranched alkanes of at least 4 members (excludes halogenated alkanes) is 3. The van der Waals surface area contributed by atoms with Crippen molar-refractivity contribution in [3.8, 4) is 11.5 Å². The highest BCUT2D eigenvalue weighted by molar-refractivity contribution is 5.86. The number of esters is 1. The predicted molar refractivity (Wildman–Crippen MR) is 123 cm³/mol. The summed E-state index contributed by atoms with van der Waals surface area (Å²) in [6.07, 6.45) is -2.19. The van der Waals surface area contributed by atoms with E-state index in [2.05, 4.69) is 21.5 Å². The average Bonchev–Trinajstić information content (AvgIpc) is 2.83. The van der Waals surface area contributed by atoms with Crippen molar-refractivity contribution < 1.29 is 41.0 Å². The highest BCUT2D eigenvalue weighted by Gasteiger charge is 2.58. The quantitative estimate of drug-likeness (QED) is 0.0850. The van der Waals surface area contributed by atoms with Crippen LogP contribution in [0.3, 0.4) is 0 Å². The first-order valence-electron chi connectivity index (χ1n) is 11.1. The minimum Gasteiger partial charge on any atom is -0.494 e. The molecule has 0 aliphatic rings. The minimum atomic E-state index is -5.67. The number of ether oxygens (including phenoxy) is 3. The molecule has 6 nitrogen and oxygen atoms in total. The normalized spacial score (nSPS) is 11.9. The molecule has 0 saturated heterocycles. The Kier molecular flexibility index (Phi) is 10.8. The van der Waals surface area contributed by atoms with Crippen molar-refractivity contribution in [1.29, 1.82) is 0 Å². The van der Waals surface area contributed by atoms with E-state index in [4.69, 9.17) is 9.47 Å². The third-order valence-corrected chi connectivity index (χ3v) is 4.68. The summed E-state index contributed by atoms with van der Waals surface area (Å²) in [4.78, 5) is 11.3. The van der Waals surface area contributed by atoms with E-state index in [1.807, 2.05) is 0 Å². The van der Waals surface area contributed by atoms with Crippen LogP contribution in [-0.4, -0.2) is 37.9 Å². The molecule has 0 bridgehead atoms. The van der Waals surface area contributed by atoms with Crippen LogP contribution in [0.15, 0.2) is 70.9 Å². The molecule has 0 aliphatic carbocycles. The lowest BCUT2D eigenvalue weighted by Gasteiger charge is -2.19. The molecular formula is C25H27F5N2O4. The number of carbonyl (C=O) groups excluding carboxylic acids is 1. The molecule has 0 aliphatic heterocycles. The fourth-order valence-electron chi connectivity index (χ4n) is 2.63. The second-order valence-electron chi connectivity index (χ2n) is 7.86. The summed E-state index contributed by atoms with van der Waals surface area (Å²) in [6, 6.07) is 12.1. The van der Waals surface area contributed by atoms with E-state index in [-0.39, 0.29) is 11.7 Å². The van der Waals surface area contributed by atoms with Gasteiger partial charge in [-0.2, -0.15) is 32.2 Å². The van der Waals surface area contributed by atoms with Gasteiger partial charge in [0.05, 0.1) is 24.6 Å². The molecule has 2 aromatic carbocycles. The Hall–Kier alpha value is -3.50. The number of hydrogen-bond donors (Lipinski definition) is 0. The largest absolute Gasteiger partial charge is 0.494 e. The van der Waals surface area contributed by atoms with Crippen LogP contribution in [0.2, 0.25) is 0 Å². The Balaban J connectivity index is 1.68. The zero-order chi connectivity index (χ0) is 26.6. The van der Waals surface area contributed by atoms with E-state index in [9.17, 15) is 26.7 Å². The number of alkyl halides is 5. The van der Waals surface area contributed by atoms with Gasteiger partial charge in [0.15, 0.2) is 6.61 Å². The van der Waals surface area contributed by atoms with Gasteiger partial charge in [-0.3, -0.25) is 0 Å². The SMILES string of the molecule is C=C(C)C(=O)OCCCCCCOc1ccc(N=Nc2ccc(OCC(F)(F)C(F)(F)F)cc2)cc1. The van der Waals surface area contributed by atoms with Gasteiger partial charge < -0.3 is 14.2 Å². The monoisotopic (exact) mass is 514 g/mol. The van der Waals surface area contributed by atoms with E-state index in [1.165, 1.54) is 24.3 Å². The topological polar surface area (TPSA) is 69.5 Å². The Morgan fingerprint density at radius 3 is 1.72 bits per heavy atom. The van der Waals surface area contributed by atoms with Crippen LogP contribution in [0, 0.1) is 0 Å². The van der Waals surface area contributed by atoms with E-state index in [1.54, 1.807) is 31.2 Å². The zero-order valence-electron chi connectivity index (χ0n) is 19.7. The summed E-state index contributed by atoms with van der Waals surface area (Å²) in [6.45, 7) is 4.23. The summed E-state index contributed by atoms with van der Waals surface area (Å²) in [5.41, 5.74) is 1.29. The lowest BCUT2D eigenvalue weighted by atomic mass is 10.2. The van der Waals surface area contributed by atoms with Crippen molar-refractivity contribution in [2.24, 2.45) is 10.2 Å². The van der Waals surface area contributed by atoms with Crippen molar-refractivity contribution in [1.82, 2.24) is 0 Å². The molecule has 0 unspecified atom stereocenters. The third kappa shape index (κ3) is 10.0. The first kappa shape index (κ1) is 28.7. The van der Waals surface area contributed by atoms with Gasteiger partial charge in [0.1, 0.15) is 11.5 Å². The molecule has 0 N–H and O–H groups in total. The molecule has 0 aromatic heterocycles. The second-order valence-corrected chi connectivity index (χ2v) is 7.86. The summed E-state index contributed by atoms with van der Waals surface area (Å²) in [5, 5.41) is 8.04. The molecule has 0 spiro atoms. The number of benzene rings is 2. The lowest BCUT2D eigenvalue weighted by Crippen LogP contribution is -2.41. The Bertz CT molecular complexity index is 1010. The van der Waals surface area contributed by atoms with Crippen molar-refractivity contribution in [2.45, 2.75) is 44.7 Å². The summed E-state index contributed by atoms with van der Waals surface area (Å²) < 4.78 is 77.6. The number of halogens is 5. The molecule has 36 heavy (non-hydrogen) atoms. The van der Waals surface area contributed by atoms with E-state index >= 15 is 0 Å². The van der Waals surface area contributed by atoms with Crippen molar-refractivity contribution >= 4 is 17.3 Å². The van der Waals surface area contributed by atoms with Crippen LogP contribution < -0.4 is 9.47 Å². The van der Waals surface area contributed by atoms with Crippen molar-refractivity contribution in [3.63, 3.8) is 0 Å². The molecule has 196 valence electrons. The molecule has 2 aromatic rings. The van der Waals surface area contributed by atoms with Crippen LogP contribution in [-0.2, 0) is 9.53 Å². The smallest absolute Gasteiger partial charge is 0.456 e. The molecule has 0 fully saturated rings. The van der Waals surface area contributed by atoms with Gasteiger partial charge in [-0.15, -0.1) is 0 Å². The Morgan fingerprint density at radius 1 is 0.778 bits per heavy atom. The molecule has 0 saturated carbocycles. The van der Waals surface area contributed by atoms with Gasteiger partial charge in [0, 0.05) is 5.57 Å². The number of rotatable bonds is 14. The fraction of sp³-hybridized carbons (Fsp3) is 0.400. The highest BCUT2D eigenvalue weighted by Crippen LogP contribution is 2.36. The third-order valence-electron chi connectivity index (χ3n) is 4.68. The molecule has 0 radical (unpaired) electrons. The van der Waals surface area contributed by atoms with Crippen molar-refractivity contribution in [2.75, 3.05) is 19.8 Å². The van der Waals surface area contributed by atoms with Crippen LogP contribution >= 0.6 is 0 Å². The second kappa shape index (κ2) is 13.6. The molecule has 0 atom stereocenters. The number of hydrogen-bond acceptors (Lipinski definition) is 6. The summed E-state index contributed by atoms with van der Waals surface area (Å²) in [7, 11) is 0. The van der Waals surface area contributed by atoms with E-state index in [0.29, 0.717) is 35.9 Å².